The second-order valence-electron chi connectivity index (χ2n) is 7.12. The van der Waals surface area contributed by atoms with Crippen LogP contribution in [0, 0.1) is 12.8 Å². The lowest BCUT2D eigenvalue weighted by Gasteiger charge is -2.16. The third-order valence-corrected chi connectivity index (χ3v) is 4.68. The molecule has 1 aliphatic rings. The Morgan fingerprint density at radius 1 is 1.11 bits per heavy atom. The monoisotopic (exact) mass is 382 g/mol. The van der Waals surface area contributed by atoms with E-state index in [4.69, 9.17) is 9.47 Å². The van der Waals surface area contributed by atoms with Crippen molar-refractivity contribution in [3.05, 3.63) is 53.6 Å². The summed E-state index contributed by atoms with van der Waals surface area (Å²) in [6, 6.07) is 12.9. The second-order valence-corrected chi connectivity index (χ2v) is 7.12. The minimum atomic E-state index is -0.221. The van der Waals surface area contributed by atoms with Gasteiger partial charge in [0.1, 0.15) is 0 Å². The van der Waals surface area contributed by atoms with Crippen LogP contribution in [0.4, 0.5) is 5.69 Å². The molecule has 0 aliphatic heterocycles. The molecule has 2 amide bonds. The molecule has 2 aromatic rings. The first-order valence-corrected chi connectivity index (χ1v) is 9.44. The zero-order chi connectivity index (χ0) is 20.1. The number of aryl methyl sites for hydroxylation is 1. The van der Waals surface area contributed by atoms with Crippen molar-refractivity contribution in [2.75, 3.05) is 19.0 Å². The molecule has 6 nitrogen and oxygen atoms in total. The molecule has 0 spiro atoms. The molecule has 1 aliphatic carbocycles. The maximum Gasteiger partial charge on any atom is 0.258 e. The average molecular weight is 382 g/mol. The standard InChI is InChI=1S/C22H26N2O4/c1-14-4-11-19(20(12-14)27-3)28-13-21(25)23-15(2)16-7-9-18(10-8-16)24-22(26)17-5-6-17/h4,7-12,15,17H,5-6,13H2,1-3H3,(H,23,25)(H,24,26). The van der Waals surface area contributed by atoms with Gasteiger partial charge in [-0.2, -0.15) is 0 Å². The SMILES string of the molecule is COc1cc(C)ccc1OCC(=O)NC(C)c1ccc(NC(=O)C2CC2)cc1. The summed E-state index contributed by atoms with van der Waals surface area (Å²) in [6.45, 7) is 3.77. The van der Waals surface area contributed by atoms with Crippen LogP contribution in [-0.2, 0) is 9.59 Å². The molecular formula is C22H26N2O4. The number of carbonyl (C=O) groups excluding carboxylic acids is 2. The summed E-state index contributed by atoms with van der Waals surface area (Å²) in [4.78, 5) is 24.0. The number of benzene rings is 2. The Kier molecular flexibility index (Phi) is 6.19. The lowest BCUT2D eigenvalue weighted by Crippen LogP contribution is -2.31. The number of ether oxygens (including phenoxy) is 2. The third-order valence-electron chi connectivity index (χ3n) is 4.68. The van der Waals surface area contributed by atoms with Crippen LogP contribution in [-0.4, -0.2) is 25.5 Å². The largest absolute Gasteiger partial charge is 0.493 e. The van der Waals surface area contributed by atoms with Gasteiger partial charge in [-0.1, -0.05) is 18.2 Å². The first-order valence-electron chi connectivity index (χ1n) is 9.44. The van der Waals surface area contributed by atoms with Gasteiger partial charge >= 0.3 is 0 Å². The smallest absolute Gasteiger partial charge is 0.258 e. The lowest BCUT2D eigenvalue weighted by atomic mass is 10.1. The Bertz CT molecular complexity index is 844. The number of rotatable bonds is 8. The van der Waals surface area contributed by atoms with E-state index in [0.717, 1.165) is 29.7 Å². The van der Waals surface area contributed by atoms with Gasteiger partial charge in [-0.25, -0.2) is 0 Å². The Balaban J connectivity index is 1.50. The Morgan fingerprint density at radius 2 is 1.82 bits per heavy atom. The second kappa shape index (κ2) is 8.78. The van der Waals surface area contributed by atoms with Gasteiger partial charge in [-0.15, -0.1) is 0 Å². The van der Waals surface area contributed by atoms with E-state index < -0.39 is 0 Å². The molecule has 2 N–H and O–H groups in total. The summed E-state index contributed by atoms with van der Waals surface area (Å²) < 4.78 is 10.9. The number of anilines is 1. The maximum absolute atomic E-state index is 12.2. The molecule has 6 heteroatoms. The maximum atomic E-state index is 12.2. The molecule has 148 valence electrons. The van der Waals surface area contributed by atoms with E-state index in [-0.39, 0.29) is 30.4 Å². The molecule has 1 atom stereocenters. The average Bonchev–Trinajstić information content (AvgIpc) is 3.52. The number of hydrogen-bond acceptors (Lipinski definition) is 4. The van der Waals surface area contributed by atoms with E-state index in [2.05, 4.69) is 10.6 Å². The molecule has 28 heavy (non-hydrogen) atoms. The summed E-state index contributed by atoms with van der Waals surface area (Å²) in [5.41, 5.74) is 2.78. The van der Waals surface area contributed by atoms with Gasteiger partial charge in [0.25, 0.3) is 5.91 Å². The van der Waals surface area contributed by atoms with E-state index in [9.17, 15) is 9.59 Å². The number of amides is 2. The van der Waals surface area contributed by atoms with E-state index in [0.29, 0.717) is 11.5 Å². The van der Waals surface area contributed by atoms with Gasteiger partial charge in [-0.3, -0.25) is 9.59 Å². The number of carbonyl (C=O) groups is 2. The van der Waals surface area contributed by atoms with Crippen molar-refractivity contribution in [2.45, 2.75) is 32.7 Å². The zero-order valence-electron chi connectivity index (χ0n) is 16.5. The number of nitrogens with one attached hydrogen (secondary N) is 2. The minimum Gasteiger partial charge on any atom is -0.493 e. The van der Waals surface area contributed by atoms with Gasteiger partial charge in [-0.05, 0) is 62.1 Å². The van der Waals surface area contributed by atoms with Gasteiger partial charge in [0.15, 0.2) is 18.1 Å². The van der Waals surface area contributed by atoms with E-state index >= 15 is 0 Å². The van der Waals surface area contributed by atoms with Crippen molar-refractivity contribution in [1.82, 2.24) is 5.32 Å². The van der Waals surface area contributed by atoms with Gasteiger partial charge < -0.3 is 20.1 Å². The van der Waals surface area contributed by atoms with Crippen LogP contribution in [0.1, 0.15) is 36.9 Å². The Hall–Kier alpha value is -3.02. The summed E-state index contributed by atoms with van der Waals surface area (Å²) in [6.07, 6.45) is 1.95. The molecule has 2 aromatic carbocycles. The summed E-state index contributed by atoms with van der Waals surface area (Å²) >= 11 is 0. The number of hydrogen-bond donors (Lipinski definition) is 2. The molecular weight excluding hydrogens is 356 g/mol. The number of methoxy groups -OCH3 is 1. The minimum absolute atomic E-state index is 0.0813. The van der Waals surface area contributed by atoms with Crippen LogP contribution < -0.4 is 20.1 Å². The molecule has 0 saturated heterocycles. The molecule has 1 unspecified atom stereocenters. The predicted molar refractivity (Wildman–Crippen MR) is 108 cm³/mol. The highest BCUT2D eigenvalue weighted by Gasteiger charge is 2.29. The topological polar surface area (TPSA) is 76.7 Å². The van der Waals surface area contributed by atoms with Crippen molar-refractivity contribution in [1.29, 1.82) is 0 Å². The van der Waals surface area contributed by atoms with E-state index in [1.165, 1.54) is 0 Å². The van der Waals surface area contributed by atoms with Crippen molar-refractivity contribution in [2.24, 2.45) is 5.92 Å². The highest BCUT2D eigenvalue weighted by atomic mass is 16.5. The fraction of sp³-hybridized carbons (Fsp3) is 0.364. The first-order chi connectivity index (χ1) is 13.5. The molecule has 0 bridgehead atoms. The van der Waals surface area contributed by atoms with Gasteiger partial charge in [0.05, 0.1) is 13.2 Å². The van der Waals surface area contributed by atoms with E-state index in [1.807, 2.05) is 50.2 Å². The first kappa shape index (κ1) is 19.7. The third kappa shape index (κ3) is 5.25. The molecule has 1 saturated carbocycles. The van der Waals surface area contributed by atoms with E-state index in [1.54, 1.807) is 13.2 Å². The van der Waals surface area contributed by atoms with Crippen LogP contribution in [0.3, 0.4) is 0 Å². The van der Waals surface area contributed by atoms with Gasteiger partial charge in [0, 0.05) is 11.6 Å². The van der Waals surface area contributed by atoms with Crippen LogP contribution in [0.25, 0.3) is 0 Å². The molecule has 0 aromatic heterocycles. The molecule has 0 radical (unpaired) electrons. The highest BCUT2D eigenvalue weighted by Crippen LogP contribution is 2.30. The summed E-state index contributed by atoms with van der Waals surface area (Å²) in [7, 11) is 1.57. The van der Waals surface area contributed by atoms with Crippen molar-refractivity contribution < 1.29 is 19.1 Å². The van der Waals surface area contributed by atoms with Crippen LogP contribution in [0.15, 0.2) is 42.5 Å². The predicted octanol–water partition coefficient (Wildman–Crippen LogP) is 3.61. The quantitative estimate of drug-likeness (QED) is 0.731. The van der Waals surface area contributed by atoms with Crippen LogP contribution in [0.5, 0.6) is 11.5 Å². The van der Waals surface area contributed by atoms with Crippen molar-refractivity contribution in [3.63, 3.8) is 0 Å². The zero-order valence-corrected chi connectivity index (χ0v) is 16.5. The molecule has 0 heterocycles. The summed E-state index contributed by atoms with van der Waals surface area (Å²) in [5, 5.41) is 5.82. The molecule has 1 fully saturated rings. The Labute approximate surface area is 165 Å². The van der Waals surface area contributed by atoms with Crippen LogP contribution >= 0.6 is 0 Å². The van der Waals surface area contributed by atoms with Gasteiger partial charge in [0.2, 0.25) is 5.91 Å². The Morgan fingerprint density at radius 3 is 2.46 bits per heavy atom. The highest BCUT2D eigenvalue weighted by molar-refractivity contribution is 5.94. The fourth-order valence-corrected chi connectivity index (χ4v) is 2.85. The normalized spacial score (nSPS) is 14.1. The lowest BCUT2D eigenvalue weighted by molar-refractivity contribution is -0.123. The fourth-order valence-electron chi connectivity index (χ4n) is 2.85. The van der Waals surface area contributed by atoms with Crippen LogP contribution in [0.2, 0.25) is 0 Å². The molecule has 3 rings (SSSR count). The summed E-state index contributed by atoms with van der Waals surface area (Å²) in [5.74, 6) is 1.17. The van der Waals surface area contributed by atoms with Crippen molar-refractivity contribution >= 4 is 17.5 Å². The van der Waals surface area contributed by atoms with Crippen molar-refractivity contribution in [3.8, 4) is 11.5 Å².